The average Bonchev–Trinajstić information content (AvgIpc) is 3.20. The molecule has 0 radical (unpaired) electrons. The molecule has 28 heavy (non-hydrogen) atoms. The van der Waals surface area contributed by atoms with E-state index in [0.717, 1.165) is 30.8 Å². The Bertz CT molecular complexity index is 829. The summed E-state index contributed by atoms with van der Waals surface area (Å²) in [6, 6.07) is 7.91. The minimum Gasteiger partial charge on any atom is -0.469 e. The van der Waals surface area contributed by atoms with Crippen molar-refractivity contribution in [3.8, 4) is 0 Å². The maximum atomic E-state index is 13.2. The number of esters is 1. The molecular formula is C21H26N2O5. The van der Waals surface area contributed by atoms with Gasteiger partial charge in [0.1, 0.15) is 5.92 Å². The van der Waals surface area contributed by atoms with Crippen LogP contribution in [0.5, 0.6) is 0 Å². The zero-order chi connectivity index (χ0) is 19.6. The molecule has 1 aromatic rings. The number of para-hydroxylation sites is 1. The Morgan fingerprint density at radius 1 is 1.36 bits per heavy atom. The molecule has 5 rings (SSSR count). The number of nitrogens with one attached hydrogen (secondary N) is 1. The molecule has 1 aromatic carbocycles. The van der Waals surface area contributed by atoms with E-state index in [1.54, 1.807) is 0 Å². The van der Waals surface area contributed by atoms with E-state index in [4.69, 9.17) is 9.47 Å². The maximum Gasteiger partial charge on any atom is 0.314 e. The first kappa shape index (κ1) is 18.1. The molecule has 3 saturated heterocycles. The highest BCUT2D eigenvalue weighted by Crippen LogP contribution is 2.54. The summed E-state index contributed by atoms with van der Waals surface area (Å²) in [4.78, 5) is 28.0. The number of carbonyl (C=O) groups is 2. The van der Waals surface area contributed by atoms with Gasteiger partial charge in [0, 0.05) is 24.2 Å². The summed E-state index contributed by atoms with van der Waals surface area (Å²) in [7, 11) is 1.34. The van der Waals surface area contributed by atoms with Gasteiger partial charge in [0.15, 0.2) is 6.29 Å². The fraction of sp³-hybridized carbons (Fsp3) is 0.619. The molecule has 3 fully saturated rings. The number of hydrogen-bond donors (Lipinski definition) is 2. The number of ether oxygens (including phenoxy) is 2. The molecule has 0 saturated carbocycles. The number of nitrogens with zero attached hydrogens (tertiary/aromatic N) is 1. The molecular weight excluding hydrogens is 360 g/mol. The number of methoxy groups -OCH3 is 1. The lowest BCUT2D eigenvalue weighted by Gasteiger charge is -2.51. The van der Waals surface area contributed by atoms with Crippen LogP contribution in [0.25, 0.3) is 0 Å². The number of aliphatic hydroxyl groups excluding tert-OH is 1. The summed E-state index contributed by atoms with van der Waals surface area (Å²) in [5, 5.41) is 13.5. The van der Waals surface area contributed by atoms with Crippen LogP contribution in [0, 0.1) is 17.8 Å². The molecule has 7 atom stereocenters. The van der Waals surface area contributed by atoms with Gasteiger partial charge < -0.3 is 19.9 Å². The number of piperidine rings is 1. The van der Waals surface area contributed by atoms with Crippen LogP contribution >= 0.6 is 0 Å². The normalized spacial score (nSPS) is 41.9. The summed E-state index contributed by atoms with van der Waals surface area (Å²) < 4.78 is 10.7. The van der Waals surface area contributed by atoms with Gasteiger partial charge in [0.25, 0.3) is 0 Å². The van der Waals surface area contributed by atoms with E-state index >= 15 is 0 Å². The third-order valence-corrected chi connectivity index (χ3v) is 7.55. The van der Waals surface area contributed by atoms with E-state index in [9.17, 15) is 14.7 Å². The highest BCUT2D eigenvalue weighted by Gasteiger charge is 2.62. The summed E-state index contributed by atoms with van der Waals surface area (Å²) >= 11 is 0. The molecule has 0 aliphatic carbocycles. The fourth-order valence-corrected chi connectivity index (χ4v) is 6.23. The smallest absolute Gasteiger partial charge is 0.314 e. The maximum absolute atomic E-state index is 13.2. The Morgan fingerprint density at radius 2 is 2.14 bits per heavy atom. The third-order valence-electron chi connectivity index (χ3n) is 7.55. The standard InChI is InChI=1S/C21H26N2O5/c1-11-13-10-23-8-7-21(14-5-3-4-6-15(14)22-20(21)26)16(23)9-12(13)17(18(24)27-2)19(25)28-11/h3-6,11-13,16-17,19,25H,7-10H2,1-2H3,(H,22,26)/t11-,12-,13+,16-,17?,19+,21-/m0/s1. The van der Waals surface area contributed by atoms with E-state index in [2.05, 4.69) is 10.2 Å². The molecule has 150 valence electrons. The van der Waals surface area contributed by atoms with Crippen LogP contribution in [-0.2, 0) is 24.5 Å². The van der Waals surface area contributed by atoms with Gasteiger partial charge in [-0.3, -0.25) is 14.5 Å². The second kappa shape index (κ2) is 6.27. The molecule has 0 bridgehead atoms. The Balaban J connectivity index is 1.54. The Kier molecular flexibility index (Phi) is 4.05. The minimum atomic E-state index is -1.17. The van der Waals surface area contributed by atoms with E-state index in [-0.39, 0.29) is 29.9 Å². The van der Waals surface area contributed by atoms with Crippen LogP contribution in [0.1, 0.15) is 25.3 Å². The van der Waals surface area contributed by atoms with E-state index in [1.165, 1.54) is 7.11 Å². The fourth-order valence-electron chi connectivity index (χ4n) is 6.23. The van der Waals surface area contributed by atoms with Crippen LogP contribution in [0.3, 0.4) is 0 Å². The molecule has 4 aliphatic rings. The lowest BCUT2D eigenvalue weighted by Crippen LogP contribution is -2.61. The summed E-state index contributed by atoms with van der Waals surface area (Å²) in [5.41, 5.74) is 1.36. The van der Waals surface area contributed by atoms with Crippen LogP contribution in [0.2, 0.25) is 0 Å². The number of anilines is 1. The number of hydrogen-bond acceptors (Lipinski definition) is 6. The first-order valence-corrected chi connectivity index (χ1v) is 10.0. The van der Waals surface area contributed by atoms with Crippen LogP contribution in [0.15, 0.2) is 24.3 Å². The summed E-state index contributed by atoms with van der Waals surface area (Å²) in [6.45, 7) is 3.56. The van der Waals surface area contributed by atoms with Gasteiger partial charge in [-0.2, -0.15) is 0 Å². The lowest BCUT2D eigenvalue weighted by atomic mass is 9.64. The Morgan fingerprint density at radius 3 is 2.93 bits per heavy atom. The number of fused-ring (bicyclic) bond motifs is 5. The van der Waals surface area contributed by atoms with Crippen molar-refractivity contribution in [3.05, 3.63) is 29.8 Å². The van der Waals surface area contributed by atoms with Crippen LogP contribution < -0.4 is 5.32 Å². The highest BCUT2D eigenvalue weighted by molar-refractivity contribution is 6.07. The molecule has 1 spiro atoms. The van der Waals surface area contributed by atoms with Crippen molar-refractivity contribution in [2.45, 2.75) is 43.6 Å². The van der Waals surface area contributed by atoms with Crippen LogP contribution in [-0.4, -0.2) is 60.5 Å². The Labute approximate surface area is 164 Å². The second-order valence-electron chi connectivity index (χ2n) is 8.58. The van der Waals surface area contributed by atoms with Gasteiger partial charge in [0.05, 0.1) is 18.6 Å². The van der Waals surface area contributed by atoms with Crippen molar-refractivity contribution in [1.82, 2.24) is 4.90 Å². The van der Waals surface area contributed by atoms with Crippen molar-refractivity contribution in [3.63, 3.8) is 0 Å². The van der Waals surface area contributed by atoms with Crippen LogP contribution in [0.4, 0.5) is 5.69 Å². The van der Waals surface area contributed by atoms with Gasteiger partial charge in [-0.25, -0.2) is 0 Å². The van der Waals surface area contributed by atoms with Gasteiger partial charge in [-0.05, 0) is 43.9 Å². The predicted molar refractivity (Wildman–Crippen MR) is 100 cm³/mol. The number of amides is 1. The van der Waals surface area contributed by atoms with Gasteiger partial charge in [-0.1, -0.05) is 18.2 Å². The third kappa shape index (κ3) is 2.27. The van der Waals surface area contributed by atoms with Crippen molar-refractivity contribution in [1.29, 1.82) is 0 Å². The molecule has 1 unspecified atom stereocenters. The van der Waals surface area contributed by atoms with E-state index < -0.39 is 23.6 Å². The molecule has 7 nitrogen and oxygen atoms in total. The van der Waals surface area contributed by atoms with Crippen molar-refractivity contribution < 1.29 is 24.2 Å². The molecule has 1 amide bonds. The molecule has 0 aromatic heterocycles. The van der Waals surface area contributed by atoms with E-state index in [0.29, 0.717) is 6.42 Å². The SMILES string of the molecule is COC(=O)C1[C@H](O)O[C@@H](C)[C@H]2CN3CC[C@@]4(C(=O)Nc5ccccc54)[C@@H]3C[C@H]12. The monoisotopic (exact) mass is 386 g/mol. The van der Waals surface area contributed by atoms with Gasteiger partial charge >= 0.3 is 5.97 Å². The Hall–Kier alpha value is -1.96. The number of rotatable bonds is 1. The quantitative estimate of drug-likeness (QED) is 0.703. The number of carbonyl (C=O) groups excluding carboxylic acids is 2. The van der Waals surface area contributed by atoms with Gasteiger partial charge in [0.2, 0.25) is 5.91 Å². The van der Waals surface area contributed by atoms with Crippen molar-refractivity contribution >= 4 is 17.6 Å². The van der Waals surface area contributed by atoms with Crippen molar-refractivity contribution in [2.75, 3.05) is 25.5 Å². The zero-order valence-corrected chi connectivity index (χ0v) is 16.1. The largest absolute Gasteiger partial charge is 0.469 e. The zero-order valence-electron chi connectivity index (χ0n) is 16.1. The predicted octanol–water partition coefficient (Wildman–Crippen LogP) is 1.11. The molecule has 4 aliphatic heterocycles. The van der Waals surface area contributed by atoms with Crippen molar-refractivity contribution in [2.24, 2.45) is 17.8 Å². The first-order chi connectivity index (χ1) is 13.5. The number of benzene rings is 1. The summed E-state index contributed by atoms with van der Waals surface area (Å²) in [5.74, 6) is -1.06. The second-order valence-corrected chi connectivity index (χ2v) is 8.58. The number of aliphatic hydroxyl groups is 1. The van der Waals surface area contributed by atoms with E-state index in [1.807, 2.05) is 31.2 Å². The molecule has 7 heteroatoms. The minimum absolute atomic E-state index is 0.00190. The highest BCUT2D eigenvalue weighted by atomic mass is 16.6. The first-order valence-electron chi connectivity index (χ1n) is 10.0. The molecule has 4 heterocycles. The summed E-state index contributed by atoms with van der Waals surface area (Å²) in [6.07, 6.45) is 0.109. The van der Waals surface area contributed by atoms with Gasteiger partial charge in [-0.15, -0.1) is 0 Å². The molecule has 2 N–H and O–H groups in total. The lowest BCUT2D eigenvalue weighted by molar-refractivity contribution is -0.244. The topological polar surface area (TPSA) is 88.1 Å². The average molecular weight is 386 g/mol.